The lowest BCUT2D eigenvalue weighted by atomic mass is 9.99. The summed E-state index contributed by atoms with van der Waals surface area (Å²) in [7, 11) is 1.60. The molecule has 1 aromatic rings. The second-order valence-corrected chi connectivity index (χ2v) is 6.05. The lowest BCUT2D eigenvalue weighted by molar-refractivity contribution is 0.387. The van der Waals surface area contributed by atoms with E-state index in [1.807, 2.05) is 6.07 Å². The molecule has 0 aliphatic heterocycles. The molecule has 19 heavy (non-hydrogen) atoms. The number of hydrogen-bond donors (Lipinski definition) is 1. The third-order valence-electron chi connectivity index (χ3n) is 3.55. The molecule has 1 fully saturated rings. The number of halogens is 2. The maximum absolute atomic E-state index is 13.6. The van der Waals surface area contributed by atoms with E-state index < -0.39 is 0 Å². The van der Waals surface area contributed by atoms with E-state index in [0.29, 0.717) is 10.2 Å². The van der Waals surface area contributed by atoms with Crippen LogP contribution >= 0.6 is 15.9 Å². The summed E-state index contributed by atoms with van der Waals surface area (Å²) in [4.78, 5) is 0. The van der Waals surface area contributed by atoms with Gasteiger partial charge >= 0.3 is 0 Å². The Labute approximate surface area is 122 Å². The van der Waals surface area contributed by atoms with Gasteiger partial charge in [-0.3, -0.25) is 0 Å². The van der Waals surface area contributed by atoms with Gasteiger partial charge < -0.3 is 10.1 Å². The first-order chi connectivity index (χ1) is 9.15. The van der Waals surface area contributed by atoms with Crippen molar-refractivity contribution in [2.45, 2.75) is 38.6 Å². The van der Waals surface area contributed by atoms with E-state index in [-0.39, 0.29) is 11.9 Å². The van der Waals surface area contributed by atoms with E-state index >= 15 is 0 Å². The molecule has 0 spiro atoms. The largest absolute Gasteiger partial charge is 0.496 e. The Hall–Kier alpha value is -0.610. The van der Waals surface area contributed by atoms with Crippen LogP contribution < -0.4 is 10.1 Å². The molecule has 1 aromatic carbocycles. The molecule has 106 valence electrons. The first-order valence-electron chi connectivity index (χ1n) is 6.92. The molecule has 2 rings (SSSR count). The zero-order chi connectivity index (χ0) is 13.8. The molecule has 1 atom stereocenters. The molecule has 0 heterocycles. The fourth-order valence-electron chi connectivity index (χ4n) is 2.32. The van der Waals surface area contributed by atoms with Crippen molar-refractivity contribution in [3.63, 3.8) is 0 Å². The van der Waals surface area contributed by atoms with Crippen LogP contribution in [0, 0.1) is 11.7 Å². The Kier molecular flexibility index (Phi) is 5.22. The van der Waals surface area contributed by atoms with Gasteiger partial charge in [0.2, 0.25) is 0 Å². The minimum atomic E-state index is -0.277. The maximum Gasteiger partial charge on any atom is 0.141 e. The van der Waals surface area contributed by atoms with Crippen molar-refractivity contribution in [1.29, 1.82) is 0 Å². The zero-order valence-electron chi connectivity index (χ0n) is 11.5. The average Bonchev–Trinajstić information content (AvgIpc) is 3.21. The summed E-state index contributed by atoms with van der Waals surface area (Å²) in [5, 5.41) is 3.56. The highest BCUT2D eigenvalue weighted by molar-refractivity contribution is 9.10. The van der Waals surface area contributed by atoms with Gasteiger partial charge in [0.25, 0.3) is 0 Å². The molecule has 2 nitrogen and oxygen atoms in total. The summed E-state index contributed by atoms with van der Waals surface area (Å²) in [6, 6.07) is 3.57. The second-order valence-electron chi connectivity index (χ2n) is 5.19. The molecule has 0 amide bonds. The van der Waals surface area contributed by atoms with E-state index in [2.05, 4.69) is 28.2 Å². The minimum absolute atomic E-state index is 0.249. The number of benzene rings is 1. The highest BCUT2D eigenvalue weighted by atomic mass is 79.9. The number of rotatable bonds is 7. The minimum Gasteiger partial charge on any atom is -0.496 e. The average molecular weight is 330 g/mol. The van der Waals surface area contributed by atoms with Crippen molar-refractivity contribution in [2.24, 2.45) is 5.92 Å². The lowest BCUT2D eigenvalue weighted by Gasteiger charge is -2.21. The molecule has 0 bridgehead atoms. The molecule has 1 aliphatic carbocycles. The van der Waals surface area contributed by atoms with Crippen molar-refractivity contribution >= 4 is 15.9 Å². The Balaban J connectivity index is 2.24. The summed E-state index contributed by atoms with van der Waals surface area (Å²) in [5.41, 5.74) is 1.05. The monoisotopic (exact) mass is 329 g/mol. The SMILES string of the molecule is CCCNC(CC1CC1)c1cc(Br)c(F)cc1OC. The lowest BCUT2D eigenvalue weighted by Crippen LogP contribution is -2.23. The predicted octanol–water partition coefficient (Wildman–Crippen LogP) is 4.44. The predicted molar refractivity (Wildman–Crippen MR) is 79.0 cm³/mol. The van der Waals surface area contributed by atoms with E-state index in [4.69, 9.17) is 4.74 Å². The molecule has 1 unspecified atom stereocenters. The van der Waals surface area contributed by atoms with Crippen LogP contribution in [-0.2, 0) is 0 Å². The van der Waals surface area contributed by atoms with Gasteiger partial charge in [0.1, 0.15) is 11.6 Å². The van der Waals surface area contributed by atoms with Crippen LogP contribution in [0.2, 0.25) is 0 Å². The van der Waals surface area contributed by atoms with Crippen LogP contribution in [0.1, 0.15) is 44.2 Å². The van der Waals surface area contributed by atoms with Crippen molar-refractivity contribution in [2.75, 3.05) is 13.7 Å². The quantitative estimate of drug-likeness (QED) is 0.798. The Morgan fingerprint density at radius 2 is 2.21 bits per heavy atom. The topological polar surface area (TPSA) is 21.3 Å². The number of methoxy groups -OCH3 is 1. The molecular formula is C15H21BrFNO. The van der Waals surface area contributed by atoms with Crippen LogP contribution in [0.5, 0.6) is 5.75 Å². The molecule has 1 saturated carbocycles. The fraction of sp³-hybridized carbons (Fsp3) is 0.600. The van der Waals surface area contributed by atoms with Gasteiger partial charge in [-0.2, -0.15) is 0 Å². The normalized spacial score (nSPS) is 16.4. The number of ether oxygens (including phenoxy) is 1. The summed E-state index contributed by atoms with van der Waals surface area (Å²) >= 11 is 3.27. The van der Waals surface area contributed by atoms with Crippen molar-refractivity contribution < 1.29 is 9.13 Å². The first-order valence-corrected chi connectivity index (χ1v) is 7.71. The third kappa shape index (κ3) is 3.93. The first kappa shape index (κ1) is 14.8. The van der Waals surface area contributed by atoms with E-state index in [1.165, 1.54) is 18.9 Å². The molecule has 0 radical (unpaired) electrons. The van der Waals surface area contributed by atoms with Gasteiger partial charge in [0.05, 0.1) is 11.6 Å². The molecular weight excluding hydrogens is 309 g/mol. The molecule has 0 saturated heterocycles. The van der Waals surface area contributed by atoms with Crippen molar-refractivity contribution in [3.05, 3.63) is 28.0 Å². The van der Waals surface area contributed by atoms with E-state index in [0.717, 1.165) is 30.9 Å². The van der Waals surface area contributed by atoms with Gasteiger partial charge in [0.15, 0.2) is 0 Å². The number of hydrogen-bond acceptors (Lipinski definition) is 2. The van der Waals surface area contributed by atoms with Gasteiger partial charge in [-0.05, 0) is 47.3 Å². The smallest absolute Gasteiger partial charge is 0.141 e. The Bertz CT molecular complexity index is 434. The van der Waals surface area contributed by atoms with E-state index in [9.17, 15) is 4.39 Å². The highest BCUT2D eigenvalue weighted by Crippen LogP contribution is 2.40. The molecule has 0 aromatic heterocycles. The number of nitrogens with one attached hydrogen (secondary N) is 1. The van der Waals surface area contributed by atoms with Crippen LogP contribution in [0.4, 0.5) is 4.39 Å². The maximum atomic E-state index is 13.6. The second kappa shape index (κ2) is 6.71. The summed E-state index contributed by atoms with van der Waals surface area (Å²) in [6.07, 6.45) is 4.82. The van der Waals surface area contributed by atoms with Crippen LogP contribution in [0.15, 0.2) is 16.6 Å². The summed E-state index contributed by atoms with van der Waals surface area (Å²) < 4.78 is 19.4. The van der Waals surface area contributed by atoms with Gasteiger partial charge in [-0.25, -0.2) is 4.39 Å². The third-order valence-corrected chi connectivity index (χ3v) is 4.16. The van der Waals surface area contributed by atoms with Crippen LogP contribution in [-0.4, -0.2) is 13.7 Å². The van der Waals surface area contributed by atoms with Gasteiger partial charge in [0, 0.05) is 17.7 Å². The Morgan fingerprint density at radius 1 is 1.47 bits per heavy atom. The van der Waals surface area contributed by atoms with Crippen molar-refractivity contribution in [1.82, 2.24) is 5.32 Å². The van der Waals surface area contributed by atoms with Crippen LogP contribution in [0.3, 0.4) is 0 Å². The summed E-state index contributed by atoms with van der Waals surface area (Å²) in [5.74, 6) is 1.17. The van der Waals surface area contributed by atoms with E-state index in [1.54, 1.807) is 7.11 Å². The Morgan fingerprint density at radius 3 is 2.79 bits per heavy atom. The van der Waals surface area contributed by atoms with Crippen molar-refractivity contribution in [3.8, 4) is 5.75 Å². The highest BCUT2D eigenvalue weighted by Gasteiger charge is 2.28. The zero-order valence-corrected chi connectivity index (χ0v) is 13.1. The summed E-state index contributed by atoms with van der Waals surface area (Å²) in [6.45, 7) is 3.12. The van der Waals surface area contributed by atoms with Gasteiger partial charge in [-0.15, -0.1) is 0 Å². The fourth-order valence-corrected chi connectivity index (χ4v) is 2.68. The standard InChI is InChI=1S/C15H21BrFNO/c1-3-6-18-14(7-10-4-5-10)11-8-12(16)13(17)9-15(11)19-2/h8-10,14,18H,3-7H2,1-2H3. The molecule has 1 aliphatic rings. The van der Waals surface area contributed by atoms with Gasteiger partial charge in [-0.1, -0.05) is 19.8 Å². The molecule has 4 heteroatoms. The molecule has 1 N–H and O–H groups in total. The van der Waals surface area contributed by atoms with Crippen LogP contribution in [0.25, 0.3) is 0 Å².